The predicted molar refractivity (Wildman–Crippen MR) is 97.3 cm³/mol. The molecule has 0 bridgehead atoms. The largest absolute Gasteiger partial charge is 0.368 e. The van der Waals surface area contributed by atoms with Crippen molar-refractivity contribution in [3.63, 3.8) is 0 Å². The lowest BCUT2D eigenvalue weighted by molar-refractivity contribution is -0.131. The van der Waals surface area contributed by atoms with E-state index in [0.717, 1.165) is 31.9 Å². The Kier molecular flexibility index (Phi) is 5.58. The van der Waals surface area contributed by atoms with Crippen LogP contribution in [0.2, 0.25) is 0 Å². The Morgan fingerprint density at radius 2 is 1.92 bits per heavy atom. The highest BCUT2D eigenvalue weighted by molar-refractivity contribution is 7.91. The average Bonchev–Trinajstić information content (AvgIpc) is 3.00. The number of aromatic nitrogens is 1. The van der Waals surface area contributed by atoms with Crippen LogP contribution >= 0.6 is 0 Å². The summed E-state index contributed by atoms with van der Waals surface area (Å²) < 4.78 is 23.1. The fraction of sp³-hybridized carbons (Fsp3) is 0.647. The second kappa shape index (κ2) is 7.70. The van der Waals surface area contributed by atoms with Crippen molar-refractivity contribution in [1.82, 2.24) is 14.8 Å². The van der Waals surface area contributed by atoms with Crippen LogP contribution in [0.3, 0.4) is 0 Å². The molecule has 2 aliphatic rings. The van der Waals surface area contributed by atoms with Crippen LogP contribution in [0.15, 0.2) is 24.5 Å². The minimum absolute atomic E-state index is 0.0568. The van der Waals surface area contributed by atoms with Crippen LogP contribution < -0.4 is 4.90 Å². The van der Waals surface area contributed by atoms with E-state index in [1.165, 1.54) is 0 Å². The second-order valence-electron chi connectivity index (χ2n) is 6.86. The van der Waals surface area contributed by atoms with E-state index in [9.17, 15) is 13.2 Å². The number of nitrogens with zero attached hydrogens (tertiary/aromatic N) is 4. The van der Waals surface area contributed by atoms with E-state index in [4.69, 9.17) is 0 Å². The Morgan fingerprint density at radius 3 is 2.52 bits per heavy atom. The van der Waals surface area contributed by atoms with Crippen molar-refractivity contribution in [3.8, 4) is 0 Å². The molecule has 2 aliphatic heterocycles. The molecule has 1 aromatic heterocycles. The standard InChI is InChI=1S/C17H26N4O3S/c1-19(16-5-13-25(23,24)14-16)8-4-17(22)21-11-9-20(10-12-21)15-2-6-18-7-3-15/h2-3,6-7,16H,4-5,8-14H2,1H3. The van der Waals surface area contributed by atoms with Gasteiger partial charge in [-0.3, -0.25) is 9.78 Å². The highest BCUT2D eigenvalue weighted by atomic mass is 32.2. The smallest absolute Gasteiger partial charge is 0.223 e. The minimum atomic E-state index is -2.88. The molecular weight excluding hydrogens is 340 g/mol. The van der Waals surface area contributed by atoms with E-state index >= 15 is 0 Å². The quantitative estimate of drug-likeness (QED) is 0.743. The third-order valence-electron chi connectivity index (χ3n) is 5.17. The number of pyridine rings is 1. The van der Waals surface area contributed by atoms with Crippen LogP contribution in [0, 0.1) is 0 Å². The highest BCUT2D eigenvalue weighted by Gasteiger charge is 2.31. The van der Waals surface area contributed by atoms with Gasteiger partial charge in [-0.15, -0.1) is 0 Å². The second-order valence-corrected chi connectivity index (χ2v) is 9.09. The molecule has 2 saturated heterocycles. The molecular formula is C17H26N4O3S. The molecule has 0 N–H and O–H groups in total. The van der Waals surface area contributed by atoms with Crippen LogP contribution in [0.1, 0.15) is 12.8 Å². The summed E-state index contributed by atoms with van der Waals surface area (Å²) in [6, 6.07) is 4.03. The van der Waals surface area contributed by atoms with Gasteiger partial charge >= 0.3 is 0 Å². The van der Waals surface area contributed by atoms with Crippen molar-refractivity contribution >= 4 is 21.4 Å². The van der Waals surface area contributed by atoms with Gasteiger partial charge in [0.1, 0.15) is 0 Å². The van der Waals surface area contributed by atoms with Gasteiger partial charge in [0.05, 0.1) is 11.5 Å². The van der Waals surface area contributed by atoms with Crippen molar-refractivity contribution in [2.24, 2.45) is 0 Å². The molecule has 1 atom stereocenters. The number of carbonyl (C=O) groups excluding carboxylic acids is 1. The lowest BCUT2D eigenvalue weighted by Gasteiger charge is -2.36. The normalized spacial score (nSPS) is 23.2. The molecule has 0 aliphatic carbocycles. The van der Waals surface area contributed by atoms with Crippen molar-refractivity contribution in [3.05, 3.63) is 24.5 Å². The van der Waals surface area contributed by atoms with Crippen LogP contribution in [-0.2, 0) is 14.6 Å². The molecule has 3 heterocycles. The summed E-state index contributed by atoms with van der Waals surface area (Å²) in [6.45, 7) is 3.72. The van der Waals surface area contributed by atoms with Gasteiger partial charge in [0.2, 0.25) is 5.91 Å². The number of rotatable bonds is 5. The van der Waals surface area contributed by atoms with Gasteiger partial charge in [-0.25, -0.2) is 8.42 Å². The average molecular weight is 366 g/mol. The molecule has 0 spiro atoms. The predicted octanol–water partition coefficient (Wildman–Crippen LogP) is 0.239. The Hall–Kier alpha value is -1.67. The Balaban J connectivity index is 1.42. The zero-order valence-corrected chi connectivity index (χ0v) is 15.5. The summed E-state index contributed by atoms with van der Waals surface area (Å²) >= 11 is 0. The number of carbonyl (C=O) groups is 1. The maximum atomic E-state index is 12.4. The lowest BCUT2D eigenvalue weighted by Crippen LogP contribution is -2.49. The van der Waals surface area contributed by atoms with E-state index in [1.54, 1.807) is 12.4 Å². The third-order valence-corrected chi connectivity index (χ3v) is 6.92. The Morgan fingerprint density at radius 1 is 1.24 bits per heavy atom. The van der Waals surface area contributed by atoms with Crippen LogP contribution in [-0.4, -0.2) is 86.4 Å². The Labute approximate surface area is 149 Å². The molecule has 0 saturated carbocycles. The number of anilines is 1. The van der Waals surface area contributed by atoms with Crippen LogP contribution in [0.25, 0.3) is 0 Å². The molecule has 25 heavy (non-hydrogen) atoms. The maximum absolute atomic E-state index is 12.4. The van der Waals surface area contributed by atoms with Crippen LogP contribution in [0.5, 0.6) is 0 Å². The highest BCUT2D eigenvalue weighted by Crippen LogP contribution is 2.18. The number of sulfone groups is 1. The van der Waals surface area contributed by atoms with E-state index in [2.05, 4.69) is 9.88 Å². The first-order valence-electron chi connectivity index (χ1n) is 8.78. The summed E-state index contributed by atoms with van der Waals surface area (Å²) in [5, 5.41) is 0. The zero-order chi connectivity index (χ0) is 17.9. The van der Waals surface area contributed by atoms with Gasteiger partial charge in [-0.1, -0.05) is 0 Å². The topological polar surface area (TPSA) is 73.8 Å². The first kappa shape index (κ1) is 18.1. The summed E-state index contributed by atoms with van der Waals surface area (Å²) in [5.74, 6) is 0.650. The molecule has 8 heteroatoms. The van der Waals surface area contributed by atoms with Gasteiger partial charge in [0.25, 0.3) is 0 Å². The van der Waals surface area contributed by atoms with E-state index in [-0.39, 0.29) is 23.5 Å². The molecule has 7 nitrogen and oxygen atoms in total. The SMILES string of the molecule is CN(CCC(=O)N1CCN(c2ccncc2)CC1)C1CCS(=O)(=O)C1. The van der Waals surface area contributed by atoms with Crippen LogP contribution in [0.4, 0.5) is 5.69 Å². The van der Waals surface area contributed by atoms with Gasteiger partial charge < -0.3 is 14.7 Å². The molecule has 0 radical (unpaired) electrons. The first-order valence-corrected chi connectivity index (χ1v) is 10.6. The van der Waals surface area contributed by atoms with E-state index in [0.29, 0.717) is 19.4 Å². The summed E-state index contributed by atoms with van der Waals surface area (Å²) in [6.07, 6.45) is 4.69. The van der Waals surface area contributed by atoms with Crippen molar-refractivity contribution < 1.29 is 13.2 Å². The number of hydrogen-bond donors (Lipinski definition) is 0. The molecule has 1 amide bonds. The van der Waals surface area contributed by atoms with Gasteiger partial charge in [0, 0.05) is 63.3 Å². The maximum Gasteiger partial charge on any atom is 0.223 e. The van der Waals surface area contributed by atoms with E-state index in [1.807, 2.05) is 29.0 Å². The molecule has 2 fully saturated rings. The fourth-order valence-corrected chi connectivity index (χ4v) is 5.31. The van der Waals surface area contributed by atoms with Gasteiger partial charge in [-0.05, 0) is 25.6 Å². The first-order chi connectivity index (χ1) is 11.9. The fourth-order valence-electron chi connectivity index (χ4n) is 3.50. The van der Waals surface area contributed by atoms with Crippen molar-refractivity contribution in [2.45, 2.75) is 18.9 Å². The lowest BCUT2D eigenvalue weighted by atomic mass is 10.2. The summed E-state index contributed by atoms with van der Waals surface area (Å²) in [7, 11) is -0.962. The monoisotopic (exact) mass is 366 g/mol. The Bertz CT molecular complexity index is 687. The molecule has 1 unspecified atom stereocenters. The molecule has 0 aromatic carbocycles. The molecule has 138 valence electrons. The summed E-state index contributed by atoms with van der Waals surface area (Å²) in [5.41, 5.74) is 1.14. The number of piperazine rings is 1. The zero-order valence-electron chi connectivity index (χ0n) is 14.7. The summed E-state index contributed by atoms with van der Waals surface area (Å²) in [4.78, 5) is 22.7. The number of hydrogen-bond acceptors (Lipinski definition) is 6. The molecule has 1 aromatic rings. The molecule has 3 rings (SSSR count). The number of amides is 1. The van der Waals surface area contributed by atoms with Gasteiger partial charge in [0.15, 0.2) is 9.84 Å². The van der Waals surface area contributed by atoms with Gasteiger partial charge in [-0.2, -0.15) is 0 Å². The van der Waals surface area contributed by atoms with Crippen molar-refractivity contribution in [1.29, 1.82) is 0 Å². The van der Waals surface area contributed by atoms with Crippen molar-refractivity contribution in [2.75, 3.05) is 56.2 Å². The third kappa shape index (κ3) is 4.70. The van der Waals surface area contributed by atoms with E-state index < -0.39 is 9.84 Å². The minimum Gasteiger partial charge on any atom is -0.368 e.